The summed E-state index contributed by atoms with van der Waals surface area (Å²) in [5.74, 6) is -2.97. The van der Waals surface area contributed by atoms with Crippen molar-refractivity contribution >= 4 is 46.0 Å². The van der Waals surface area contributed by atoms with Gasteiger partial charge in [-0.15, -0.1) is 0 Å². The summed E-state index contributed by atoms with van der Waals surface area (Å²) in [5.41, 5.74) is 3.89. The van der Waals surface area contributed by atoms with Crippen molar-refractivity contribution < 1.29 is 24.6 Å². The van der Waals surface area contributed by atoms with Gasteiger partial charge in [0.15, 0.2) is 0 Å². The van der Waals surface area contributed by atoms with E-state index in [0.717, 1.165) is 27.8 Å². The highest BCUT2D eigenvalue weighted by molar-refractivity contribution is 6.35. The van der Waals surface area contributed by atoms with Crippen LogP contribution in [0.5, 0.6) is 0 Å². The number of aromatic nitrogens is 1. The maximum Gasteiger partial charge on any atom is 0.326 e. The number of rotatable bonds is 9. The van der Waals surface area contributed by atoms with E-state index in [1.54, 1.807) is 24.3 Å². The smallest absolute Gasteiger partial charge is 0.326 e. The molecule has 0 aliphatic carbocycles. The van der Waals surface area contributed by atoms with Crippen LogP contribution < -0.4 is 10.2 Å². The first-order valence-electron chi connectivity index (χ1n) is 10.3. The summed E-state index contributed by atoms with van der Waals surface area (Å²) >= 11 is 6.37. The number of hydrogen-bond donors (Lipinski definition) is 3. The Hall–Kier alpha value is -3.65. The maximum atomic E-state index is 12.4. The zero-order valence-corrected chi connectivity index (χ0v) is 19.0. The number of nitrogens with zero attached hydrogens (tertiary/aromatic N) is 2. The minimum atomic E-state index is -1.28. The SMILES string of the molecule is Cc1cc(Cl)c2cc(CN(C)c3ccc(C(=O)N[C@@H](CCC(=O)O)C(=O)O)cc3)ccc2n1. The molecule has 8 nitrogen and oxygen atoms in total. The van der Waals surface area contributed by atoms with Crippen molar-refractivity contribution in [3.8, 4) is 0 Å². The molecule has 1 heterocycles. The van der Waals surface area contributed by atoms with Crippen LogP contribution in [-0.2, 0) is 16.1 Å². The topological polar surface area (TPSA) is 120 Å². The molecule has 2 aromatic carbocycles. The zero-order chi connectivity index (χ0) is 24.1. The van der Waals surface area contributed by atoms with Gasteiger partial charge in [0.05, 0.1) is 10.5 Å². The van der Waals surface area contributed by atoms with E-state index < -0.39 is 23.9 Å². The first kappa shape index (κ1) is 24.0. The number of carboxylic acid groups (broad SMARTS) is 2. The van der Waals surface area contributed by atoms with Gasteiger partial charge in [-0.05, 0) is 61.4 Å². The van der Waals surface area contributed by atoms with Crippen LogP contribution in [0.25, 0.3) is 10.9 Å². The van der Waals surface area contributed by atoms with Crippen LogP contribution in [0.4, 0.5) is 5.69 Å². The first-order chi connectivity index (χ1) is 15.6. The van der Waals surface area contributed by atoms with E-state index >= 15 is 0 Å². The lowest BCUT2D eigenvalue weighted by Gasteiger charge is -2.20. The minimum absolute atomic E-state index is 0.192. The Balaban J connectivity index is 1.67. The predicted octanol–water partition coefficient (Wildman–Crippen LogP) is 3.88. The van der Waals surface area contributed by atoms with Crippen molar-refractivity contribution in [2.45, 2.75) is 32.4 Å². The van der Waals surface area contributed by atoms with Gasteiger partial charge in [-0.25, -0.2) is 4.79 Å². The third-order valence-electron chi connectivity index (χ3n) is 5.19. The van der Waals surface area contributed by atoms with Gasteiger partial charge in [0.25, 0.3) is 5.91 Å². The second kappa shape index (κ2) is 10.3. The molecule has 0 aliphatic rings. The quantitative estimate of drug-likeness (QED) is 0.435. The molecule has 9 heteroatoms. The van der Waals surface area contributed by atoms with Gasteiger partial charge in [0.1, 0.15) is 6.04 Å². The summed E-state index contributed by atoms with van der Waals surface area (Å²) in [7, 11) is 1.92. The Morgan fingerprint density at radius 2 is 1.79 bits per heavy atom. The van der Waals surface area contributed by atoms with Crippen molar-refractivity contribution in [2.24, 2.45) is 0 Å². The number of fused-ring (bicyclic) bond motifs is 1. The Labute approximate surface area is 195 Å². The Morgan fingerprint density at radius 3 is 2.42 bits per heavy atom. The normalized spacial score (nSPS) is 11.7. The number of benzene rings is 2. The third-order valence-corrected chi connectivity index (χ3v) is 5.50. The molecular formula is C24H24ClN3O5. The molecule has 0 saturated heterocycles. The molecule has 1 aromatic heterocycles. The van der Waals surface area contributed by atoms with E-state index in [1.165, 1.54) is 0 Å². The van der Waals surface area contributed by atoms with Gasteiger partial charge >= 0.3 is 11.9 Å². The molecule has 3 rings (SSSR count). The number of carbonyl (C=O) groups is 3. The van der Waals surface area contributed by atoms with Crippen LogP contribution in [0.2, 0.25) is 5.02 Å². The highest BCUT2D eigenvalue weighted by Crippen LogP contribution is 2.25. The molecule has 0 spiro atoms. The van der Waals surface area contributed by atoms with Crippen molar-refractivity contribution in [3.05, 3.63) is 70.4 Å². The minimum Gasteiger partial charge on any atom is -0.481 e. The lowest BCUT2D eigenvalue weighted by atomic mass is 10.1. The van der Waals surface area contributed by atoms with Crippen molar-refractivity contribution in [1.29, 1.82) is 0 Å². The molecule has 0 unspecified atom stereocenters. The first-order valence-corrected chi connectivity index (χ1v) is 10.6. The largest absolute Gasteiger partial charge is 0.481 e. The Bertz CT molecular complexity index is 1200. The van der Waals surface area contributed by atoms with Gasteiger partial charge in [0, 0.05) is 42.3 Å². The van der Waals surface area contributed by atoms with E-state index in [-0.39, 0.29) is 18.4 Å². The average molecular weight is 470 g/mol. The van der Waals surface area contributed by atoms with Crippen LogP contribution in [0.1, 0.15) is 34.5 Å². The molecule has 0 saturated carbocycles. The zero-order valence-electron chi connectivity index (χ0n) is 18.2. The number of hydrogen-bond acceptors (Lipinski definition) is 5. The maximum absolute atomic E-state index is 12.4. The number of anilines is 1. The van der Waals surface area contributed by atoms with Crippen molar-refractivity contribution in [2.75, 3.05) is 11.9 Å². The van der Waals surface area contributed by atoms with Gasteiger partial charge < -0.3 is 20.4 Å². The van der Waals surface area contributed by atoms with E-state index in [9.17, 15) is 19.5 Å². The Kier molecular flexibility index (Phi) is 7.50. The van der Waals surface area contributed by atoms with Crippen LogP contribution in [0.15, 0.2) is 48.5 Å². The van der Waals surface area contributed by atoms with Crippen LogP contribution in [-0.4, -0.2) is 46.1 Å². The van der Waals surface area contributed by atoms with Crippen LogP contribution >= 0.6 is 11.6 Å². The summed E-state index contributed by atoms with van der Waals surface area (Å²) < 4.78 is 0. The summed E-state index contributed by atoms with van der Waals surface area (Å²) in [6, 6.07) is 13.2. The highest BCUT2D eigenvalue weighted by Gasteiger charge is 2.21. The van der Waals surface area contributed by atoms with Crippen LogP contribution in [0.3, 0.4) is 0 Å². The van der Waals surface area contributed by atoms with E-state index in [1.807, 2.05) is 43.1 Å². The molecule has 1 atom stereocenters. The predicted molar refractivity (Wildman–Crippen MR) is 126 cm³/mol. The van der Waals surface area contributed by atoms with Gasteiger partial charge in [-0.2, -0.15) is 0 Å². The summed E-state index contributed by atoms with van der Waals surface area (Å²) in [6.45, 7) is 2.50. The fraction of sp³-hybridized carbons (Fsp3) is 0.250. The van der Waals surface area contributed by atoms with Gasteiger partial charge in [0.2, 0.25) is 0 Å². The summed E-state index contributed by atoms with van der Waals surface area (Å²) in [5, 5.41) is 21.9. The third kappa shape index (κ3) is 6.20. The van der Waals surface area contributed by atoms with E-state index in [2.05, 4.69) is 10.3 Å². The second-order valence-electron chi connectivity index (χ2n) is 7.80. The van der Waals surface area contributed by atoms with Gasteiger partial charge in [-0.3, -0.25) is 14.6 Å². The number of amides is 1. The summed E-state index contributed by atoms with van der Waals surface area (Å²) in [6.07, 6.45) is -0.543. The number of halogens is 1. The molecule has 33 heavy (non-hydrogen) atoms. The van der Waals surface area contributed by atoms with Crippen LogP contribution in [0, 0.1) is 6.92 Å². The number of carboxylic acids is 2. The molecule has 3 N–H and O–H groups in total. The molecule has 1 amide bonds. The second-order valence-corrected chi connectivity index (χ2v) is 8.20. The molecule has 0 aliphatic heterocycles. The average Bonchev–Trinajstić information content (AvgIpc) is 2.76. The number of aryl methyl sites for hydroxylation is 1. The molecule has 172 valence electrons. The number of aliphatic carboxylic acids is 2. The molecule has 0 radical (unpaired) electrons. The molecular weight excluding hydrogens is 446 g/mol. The fourth-order valence-electron chi connectivity index (χ4n) is 3.45. The standard InChI is InChI=1S/C24H24ClN3O5/c1-14-11-19(25)18-12-15(3-8-20(18)26-14)13-28(2)17-6-4-16(5-7-17)23(31)27-21(24(32)33)9-10-22(29)30/h3-8,11-12,21H,9-10,13H2,1-2H3,(H,27,31)(H,29,30)(H,32,33)/t21-/m0/s1. The number of carbonyl (C=O) groups excluding carboxylic acids is 1. The number of nitrogens with one attached hydrogen (secondary N) is 1. The van der Waals surface area contributed by atoms with E-state index in [4.69, 9.17) is 16.7 Å². The monoisotopic (exact) mass is 469 g/mol. The molecule has 0 fully saturated rings. The molecule has 0 bridgehead atoms. The van der Waals surface area contributed by atoms with E-state index in [0.29, 0.717) is 11.6 Å². The lowest BCUT2D eigenvalue weighted by Crippen LogP contribution is -2.41. The highest BCUT2D eigenvalue weighted by atomic mass is 35.5. The summed E-state index contributed by atoms with van der Waals surface area (Å²) in [4.78, 5) is 40.9. The lowest BCUT2D eigenvalue weighted by molar-refractivity contribution is -0.140. The Morgan fingerprint density at radius 1 is 1.09 bits per heavy atom. The van der Waals surface area contributed by atoms with Gasteiger partial charge in [-0.1, -0.05) is 17.7 Å². The van der Waals surface area contributed by atoms with Crippen molar-refractivity contribution in [1.82, 2.24) is 10.3 Å². The fourth-order valence-corrected chi connectivity index (χ4v) is 3.76. The van der Waals surface area contributed by atoms with Crippen molar-refractivity contribution in [3.63, 3.8) is 0 Å². The number of pyridine rings is 1. The molecule has 3 aromatic rings.